The molecule has 0 radical (unpaired) electrons. The van der Waals surface area contributed by atoms with E-state index in [-0.39, 0.29) is 18.0 Å². The molecule has 98 valence electrons. The van der Waals surface area contributed by atoms with Crippen LogP contribution in [0.3, 0.4) is 0 Å². The van der Waals surface area contributed by atoms with E-state index in [1.165, 1.54) is 24.5 Å². The molecular weight excluding hydrogens is 317 g/mol. The van der Waals surface area contributed by atoms with E-state index in [4.69, 9.17) is 9.84 Å². The van der Waals surface area contributed by atoms with Crippen molar-refractivity contribution in [3.8, 4) is 5.75 Å². The van der Waals surface area contributed by atoms with Gasteiger partial charge in [0.15, 0.2) is 0 Å². The number of nitrogens with zero attached hydrogens (tertiary/aromatic N) is 1. The number of aromatic nitrogens is 1. The molecule has 0 aliphatic carbocycles. The first-order chi connectivity index (χ1) is 9.08. The number of ether oxygens (including phenoxy) is 1. The lowest BCUT2D eigenvalue weighted by Crippen LogP contribution is -2.01. The molecule has 0 fully saturated rings. The van der Waals surface area contributed by atoms with Crippen LogP contribution in [0.4, 0.5) is 4.39 Å². The fourth-order valence-corrected chi connectivity index (χ4v) is 1.81. The fourth-order valence-electron chi connectivity index (χ4n) is 1.44. The van der Waals surface area contributed by atoms with Crippen LogP contribution in [-0.2, 0) is 6.61 Å². The third-order valence-electron chi connectivity index (χ3n) is 2.39. The van der Waals surface area contributed by atoms with E-state index in [0.717, 1.165) is 0 Å². The van der Waals surface area contributed by atoms with Gasteiger partial charge in [-0.15, -0.1) is 0 Å². The number of hydrogen-bond donors (Lipinski definition) is 1. The topological polar surface area (TPSA) is 59.4 Å². The molecule has 1 N–H and O–H groups in total. The molecule has 0 aliphatic heterocycles. The molecule has 0 spiro atoms. The molecule has 2 aromatic rings. The molecule has 0 saturated heterocycles. The minimum absolute atomic E-state index is 0.0378. The van der Waals surface area contributed by atoms with E-state index < -0.39 is 5.97 Å². The van der Waals surface area contributed by atoms with Gasteiger partial charge in [-0.25, -0.2) is 9.18 Å². The molecule has 19 heavy (non-hydrogen) atoms. The first kappa shape index (κ1) is 13.5. The molecule has 0 saturated carbocycles. The Kier molecular flexibility index (Phi) is 4.11. The maximum atomic E-state index is 13.3. The fraction of sp³-hybridized carbons (Fsp3) is 0.0769. The van der Waals surface area contributed by atoms with Gasteiger partial charge in [0.25, 0.3) is 0 Å². The zero-order valence-electron chi connectivity index (χ0n) is 9.64. The van der Waals surface area contributed by atoms with Crippen LogP contribution >= 0.6 is 15.9 Å². The van der Waals surface area contributed by atoms with Crippen molar-refractivity contribution in [3.63, 3.8) is 0 Å². The molecule has 0 bridgehead atoms. The lowest BCUT2D eigenvalue weighted by atomic mass is 10.2. The number of benzene rings is 1. The van der Waals surface area contributed by atoms with E-state index in [1.54, 1.807) is 12.1 Å². The lowest BCUT2D eigenvalue weighted by molar-refractivity contribution is 0.0696. The third kappa shape index (κ3) is 3.29. The normalized spacial score (nSPS) is 10.2. The van der Waals surface area contributed by atoms with Crippen LogP contribution in [0.1, 0.15) is 15.9 Å². The SMILES string of the molecule is O=C(O)c1cncc(OCc2cccc(F)c2Br)c1. The quantitative estimate of drug-likeness (QED) is 0.937. The summed E-state index contributed by atoms with van der Waals surface area (Å²) in [6.07, 6.45) is 2.63. The van der Waals surface area contributed by atoms with E-state index in [0.29, 0.717) is 15.8 Å². The summed E-state index contributed by atoms with van der Waals surface area (Å²) in [6.45, 7) is 0.114. The molecule has 1 heterocycles. The van der Waals surface area contributed by atoms with Gasteiger partial charge in [-0.2, -0.15) is 0 Å². The van der Waals surface area contributed by atoms with Gasteiger partial charge in [0.05, 0.1) is 16.2 Å². The highest BCUT2D eigenvalue weighted by Gasteiger charge is 2.08. The van der Waals surface area contributed by atoms with Crippen molar-refractivity contribution in [2.45, 2.75) is 6.61 Å². The molecule has 0 atom stereocenters. The van der Waals surface area contributed by atoms with Gasteiger partial charge >= 0.3 is 5.97 Å². The highest BCUT2D eigenvalue weighted by Crippen LogP contribution is 2.22. The molecular formula is C13H9BrFNO3. The average molecular weight is 326 g/mol. The summed E-state index contributed by atoms with van der Waals surface area (Å²) < 4.78 is 19.0. The van der Waals surface area contributed by atoms with Gasteiger partial charge < -0.3 is 9.84 Å². The molecule has 1 aromatic heterocycles. The number of halogens is 2. The number of carboxylic acids is 1. The van der Waals surface area contributed by atoms with Crippen LogP contribution in [0, 0.1) is 5.82 Å². The maximum Gasteiger partial charge on any atom is 0.337 e. The minimum Gasteiger partial charge on any atom is -0.487 e. The Labute approximate surface area is 117 Å². The van der Waals surface area contributed by atoms with Gasteiger partial charge in [0, 0.05) is 11.8 Å². The summed E-state index contributed by atoms with van der Waals surface area (Å²) in [7, 11) is 0. The first-order valence-electron chi connectivity index (χ1n) is 5.32. The van der Waals surface area contributed by atoms with Gasteiger partial charge in [-0.05, 0) is 28.1 Å². The Morgan fingerprint density at radius 2 is 2.21 bits per heavy atom. The highest BCUT2D eigenvalue weighted by molar-refractivity contribution is 9.10. The minimum atomic E-state index is -1.08. The van der Waals surface area contributed by atoms with Gasteiger partial charge in [-0.1, -0.05) is 12.1 Å². The zero-order valence-corrected chi connectivity index (χ0v) is 11.2. The smallest absolute Gasteiger partial charge is 0.337 e. The summed E-state index contributed by atoms with van der Waals surface area (Å²) >= 11 is 3.13. The summed E-state index contributed by atoms with van der Waals surface area (Å²) in [5.41, 5.74) is 0.663. The van der Waals surface area contributed by atoms with E-state index in [2.05, 4.69) is 20.9 Å². The van der Waals surface area contributed by atoms with Gasteiger partial charge in [0.2, 0.25) is 0 Å². The highest BCUT2D eigenvalue weighted by atomic mass is 79.9. The molecule has 4 nitrogen and oxygen atoms in total. The second kappa shape index (κ2) is 5.79. The van der Waals surface area contributed by atoms with Gasteiger partial charge in [-0.3, -0.25) is 4.98 Å². The summed E-state index contributed by atoms with van der Waals surface area (Å²) in [4.78, 5) is 14.5. The number of pyridine rings is 1. The Morgan fingerprint density at radius 1 is 1.42 bits per heavy atom. The standard InChI is InChI=1S/C13H9BrFNO3/c14-12-8(2-1-3-11(12)15)7-19-10-4-9(13(17)18)5-16-6-10/h1-6H,7H2,(H,17,18). The molecule has 0 amide bonds. The van der Waals surface area contributed by atoms with Crippen molar-refractivity contribution in [2.24, 2.45) is 0 Å². The second-order valence-corrected chi connectivity index (χ2v) is 4.51. The second-order valence-electron chi connectivity index (χ2n) is 3.72. The van der Waals surface area contributed by atoms with Gasteiger partial charge in [0.1, 0.15) is 18.2 Å². The number of hydrogen-bond acceptors (Lipinski definition) is 3. The van der Waals surface area contributed by atoms with Crippen LogP contribution in [0.5, 0.6) is 5.75 Å². The lowest BCUT2D eigenvalue weighted by Gasteiger charge is -2.08. The van der Waals surface area contributed by atoms with E-state index in [1.807, 2.05) is 0 Å². The van der Waals surface area contributed by atoms with Crippen molar-refractivity contribution in [1.29, 1.82) is 0 Å². The molecule has 1 aromatic carbocycles. The third-order valence-corrected chi connectivity index (χ3v) is 3.27. The van der Waals surface area contributed by atoms with Crippen molar-refractivity contribution in [3.05, 3.63) is 58.1 Å². The van der Waals surface area contributed by atoms with Crippen LogP contribution in [0.25, 0.3) is 0 Å². The summed E-state index contributed by atoms with van der Waals surface area (Å²) in [6, 6.07) is 5.98. The van der Waals surface area contributed by atoms with Crippen molar-refractivity contribution >= 4 is 21.9 Å². The van der Waals surface area contributed by atoms with Crippen molar-refractivity contribution < 1.29 is 19.0 Å². The first-order valence-corrected chi connectivity index (χ1v) is 6.11. The Hall–Kier alpha value is -1.95. The molecule has 0 unspecified atom stereocenters. The van der Waals surface area contributed by atoms with E-state index >= 15 is 0 Å². The number of carboxylic acid groups (broad SMARTS) is 1. The average Bonchev–Trinajstić information content (AvgIpc) is 2.41. The predicted octanol–water partition coefficient (Wildman–Crippen LogP) is 3.26. The molecule has 6 heteroatoms. The van der Waals surface area contributed by atoms with E-state index in [9.17, 15) is 9.18 Å². The maximum absolute atomic E-state index is 13.3. The zero-order chi connectivity index (χ0) is 13.8. The summed E-state index contributed by atoms with van der Waals surface area (Å²) in [5.74, 6) is -1.14. The Morgan fingerprint density at radius 3 is 2.95 bits per heavy atom. The summed E-state index contributed by atoms with van der Waals surface area (Å²) in [5, 5.41) is 8.82. The van der Waals surface area contributed by atoms with Crippen molar-refractivity contribution in [2.75, 3.05) is 0 Å². The predicted molar refractivity (Wildman–Crippen MR) is 69.6 cm³/mol. The van der Waals surface area contributed by atoms with Crippen LogP contribution in [-0.4, -0.2) is 16.1 Å². The Bertz CT molecular complexity index is 619. The van der Waals surface area contributed by atoms with Crippen LogP contribution in [0.15, 0.2) is 41.1 Å². The monoisotopic (exact) mass is 325 g/mol. The largest absolute Gasteiger partial charge is 0.487 e. The number of aromatic carboxylic acids is 1. The molecule has 0 aliphatic rings. The Balaban J connectivity index is 2.12. The van der Waals surface area contributed by atoms with Crippen molar-refractivity contribution in [1.82, 2.24) is 4.98 Å². The van der Waals surface area contributed by atoms with Crippen LogP contribution in [0.2, 0.25) is 0 Å². The number of rotatable bonds is 4. The molecule has 2 rings (SSSR count). The number of carbonyl (C=O) groups is 1. The van der Waals surface area contributed by atoms with Crippen LogP contribution < -0.4 is 4.74 Å².